The smallest absolute Gasteiger partial charge is 0.230 e. The number of nitrogens with one attached hydrogen (secondary N) is 1. The summed E-state index contributed by atoms with van der Waals surface area (Å²) >= 11 is 1.28. The van der Waals surface area contributed by atoms with E-state index in [1.165, 1.54) is 11.8 Å². The van der Waals surface area contributed by atoms with E-state index >= 15 is 0 Å². The molecule has 0 aliphatic carbocycles. The molecule has 0 saturated heterocycles. The van der Waals surface area contributed by atoms with Gasteiger partial charge in [-0.3, -0.25) is 4.79 Å². The normalized spacial score (nSPS) is 10.5. The van der Waals surface area contributed by atoms with E-state index in [1.54, 1.807) is 11.8 Å². The molecule has 3 rings (SSSR count). The second kappa shape index (κ2) is 8.48. The number of carbonyl (C=O) groups is 1. The summed E-state index contributed by atoms with van der Waals surface area (Å²) in [7, 11) is 1.60. The van der Waals surface area contributed by atoms with Crippen molar-refractivity contribution in [1.82, 2.24) is 25.5 Å². The van der Waals surface area contributed by atoms with Crippen molar-refractivity contribution in [3.8, 4) is 11.4 Å². The molecule has 1 aromatic heterocycles. The molecule has 134 valence electrons. The summed E-state index contributed by atoms with van der Waals surface area (Å²) in [6.07, 6.45) is 0. The van der Waals surface area contributed by atoms with Crippen LogP contribution in [0.1, 0.15) is 11.1 Å². The molecule has 3 aromatic rings. The second-order valence-electron chi connectivity index (χ2n) is 5.60. The van der Waals surface area contributed by atoms with Crippen LogP contribution in [0.3, 0.4) is 0 Å². The number of carbonyl (C=O) groups excluding carboxylic acids is 1. The quantitative estimate of drug-likeness (QED) is 0.644. The number of aromatic nitrogens is 4. The fourth-order valence-electron chi connectivity index (χ4n) is 2.36. The Hall–Kier alpha value is -2.87. The van der Waals surface area contributed by atoms with E-state index in [-0.39, 0.29) is 11.7 Å². The maximum Gasteiger partial charge on any atom is 0.230 e. The zero-order valence-electron chi connectivity index (χ0n) is 14.5. The summed E-state index contributed by atoms with van der Waals surface area (Å²) < 4.78 is 6.97. The first kappa shape index (κ1) is 17.9. The third-order valence-corrected chi connectivity index (χ3v) is 4.59. The molecule has 0 spiro atoms. The van der Waals surface area contributed by atoms with Crippen LogP contribution in [0.2, 0.25) is 0 Å². The van der Waals surface area contributed by atoms with Crippen LogP contribution >= 0.6 is 11.8 Å². The molecule has 0 saturated carbocycles. The van der Waals surface area contributed by atoms with Crippen molar-refractivity contribution in [2.45, 2.75) is 18.6 Å². The van der Waals surface area contributed by atoms with Crippen molar-refractivity contribution in [3.05, 3.63) is 59.7 Å². The van der Waals surface area contributed by atoms with Crippen LogP contribution in [0.15, 0.2) is 53.7 Å². The average molecular weight is 369 g/mol. The molecule has 7 nitrogen and oxygen atoms in total. The van der Waals surface area contributed by atoms with Gasteiger partial charge < -0.3 is 10.1 Å². The van der Waals surface area contributed by atoms with Crippen LogP contribution in [0.25, 0.3) is 5.69 Å². The van der Waals surface area contributed by atoms with Crippen LogP contribution in [-0.2, 0) is 11.3 Å². The molecule has 26 heavy (non-hydrogen) atoms. The van der Waals surface area contributed by atoms with Crippen LogP contribution in [0.4, 0.5) is 0 Å². The minimum absolute atomic E-state index is 0.0791. The molecule has 0 aliphatic heterocycles. The lowest BCUT2D eigenvalue weighted by molar-refractivity contribution is -0.118. The summed E-state index contributed by atoms with van der Waals surface area (Å²) in [4.78, 5) is 12.1. The third-order valence-electron chi connectivity index (χ3n) is 3.67. The van der Waals surface area contributed by atoms with E-state index in [1.807, 2.05) is 55.5 Å². The van der Waals surface area contributed by atoms with Gasteiger partial charge >= 0.3 is 0 Å². The molecule has 2 aromatic carbocycles. The zero-order chi connectivity index (χ0) is 18.4. The van der Waals surface area contributed by atoms with Crippen LogP contribution < -0.4 is 10.1 Å². The van der Waals surface area contributed by atoms with E-state index < -0.39 is 0 Å². The first-order chi connectivity index (χ1) is 12.7. The van der Waals surface area contributed by atoms with Crippen molar-refractivity contribution in [3.63, 3.8) is 0 Å². The predicted octanol–water partition coefficient (Wildman–Crippen LogP) is 2.39. The van der Waals surface area contributed by atoms with Gasteiger partial charge in [0.15, 0.2) is 0 Å². The summed E-state index contributed by atoms with van der Waals surface area (Å²) in [6.45, 7) is 2.48. The summed E-state index contributed by atoms with van der Waals surface area (Å²) in [5.41, 5.74) is 2.86. The number of ether oxygens (including phenoxy) is 1. The molecule has 0 unspecified atom stereocenters. The molecular weight excluding hydrogens is 350 g/mol. The van der Waals surface area contributed by atoms with Gasteiger partial charge in [-0.25, -0.2) is 0 Å². The minimum atomic E-state index is -0.0791. The largest absolute Gasteiger partial charge is 0.494 e. The monoisotopic (exact) mass is 369 g/mol. The standard InChI is InChI=1S/C18H19N5O2S/c1-13-8-9-16(25-2)15(10-13)23-18(20-21-22-23)26-12-17(24)19-11-14-6-4-3-5-7-14/h3-10H,11-12H2,1-2H3,(H,19,24). The van der Waals surface area contributed by atoms with Gasteiger partial charge in [-0.15, -0.1) is 5.10 Å². The summed E-state index contributed by atoms with van der Waals surface area (Å²) in [5, 5.41) is 15.2. The molecule has 1 amide bonds. The highest BCUT2D eigenvalue weighted by molar-refractivity contribution is 7.99. The van der Waals surface area contributed by atoms with Gasteiger partial charge in [0.25, 0.3) is 0 Å². The molecule has 0 aliphatic rings. The number of nitrogens with zero attached hydrogens (tertiary/aromatic N) is 4. The van der Waals surface area contributed by atoms with Crippen LogP contribution in [0.5, 0.6) is 5.75 Å². The highest BCUT2D eigenvalue weighted by Gasteiger charge is 2.15. The van der Waals surface area contributed by atoms with Gasteiger partial charge in [-0.05, 0) is 40.6 Å². The Morgan fingerprint density at radius 3 is 2.81 bits per heavy atom. The molecular formula is C18H19N5O2S. The lowest BCUT2D eigenvalue weighted by atomic mass is 10.2. The van der Waals surface area contributed by atoms with Gasteiger partial charge in [0.2, 0.25) is 11.1 Å². The maximum absolute atomic E-state index is 12.1. The number of amides is 1. The van der Waals surface area contributed by atoms with E-state index in [2.05, 4.69) is 20.8 Å². The van der Waals surface area contributed by atoms with Crippen molar-refractivity contribution in [2.75, 3.05) is 12.9 Å². The number of rotatable bonds is 7. The Labute approximate surface area is 155 Å². The number of thioether (sulfide) groups is 1. The van der Waals surface area contributed by atoms with E-state index in [0.717, 1.165) is 16.8 Å². The Morgan fingerprint density at radius 2 is 2.04 bits per heavy atom. The van der Waals surface area contributed by atoms with Gasteiger partial charge in [-0.2, -0.15) is 4.68 Å². The lowest BCUT2D eigenvalue weighted by Crippen LogP contribution is -2.24. The van der Waals surface area contributed by atoms with Gasteiger partial charge in [0.05, 0.1) is 12.9 Å². The van der Waals surface area contributed by atoms with E-state index in [9.17, 15) is 4.79 Å². The zero-order valence-corrected chi connectivity index (χ0v) is 15.4. The van der Waals surface area contributed by atoms with Crippen molar-refractivity contribution in [1.29, 1.82) is 0 Å². The number of hydrogen-bond acceptors (Lipinski definition) is 6. The molecule has 1 N–H and O–H groups in total. The van der Waals surface area contributed by atoms with Gasteiger partial charge in [-0.1, -0.05) is 48.2 Å². The molecule has 8 heteroatoms. The highest BCUT2D eigenvalue weighted by Crippen LogP contribution is 2.26. The van der Waals surface area contributed by atoms with Crippen LogP contribution in [-0.4, -0.2) is 39.0 Å². The highest BCUT2D eigenvalue weighted by atomic mass is 32.2. The molecule has 0 radical (unpaired) electrons. The number of hydrogen-bond donors (Lipinski definition) is 1. The minimum Gasteiger partial charge on any atom is -0.494 e. The predicted molar refractivity (Wildman–Crippen MR) is 99.5 cm³/mol. The topological polar surface area (TPSA) is 81.9 Å². The lowest BCUT2D eigenvalue weighted by Gasteiger charge is -2.10. The first-order valence-corrected chi connectivity index (χ1v) is 9.03. The van der Waals surface area contributed by atoms with Gasteiger partial charge in [0, 0.05) is 6.54 Å². The van der Waals surface area contributed by atoms with Crippen molar-refractivity contribution < 1.29 is 9.53 Å². The van der Waals surface area contributed by atoms with Crippen molar-refractivity contribution >= 4 is 17.7 Å². The number of aryl methyl sites for hydroxylation is 1. The molecule has 0 bridgehead atoms. The molecule has 0 atom stereocenters. The Morgan fingerprint density at radius 1 is 1.23 bits per heavy atom. The summed E-state index contributed by atoms with van der Waals surface area (Å²) in [5.74, 6) is 0.810. The number of tetrazole rings is 1. The van der Waals surface area contributed by atoms with E-state index in [4.69, 9.17) is 4.74 Å². The second-order valence-corrected chi connectivity index (χ2v) is 6.54. The Bertz CT molecular complexity index is 882. The SMILES string of the molecule is COc1ccc(C)cc1-n1nnnc1SCC(=O)NCc1ccccc1. The third kappa shape index (κ3) is 4.40. The fourth-order valence-corrected chi connectivity index (χ4v) is 3.08. The Kier molecular flexibility index (Phi) is 5.85. The van der Waals surface area contributed by atoms with Crippen LogP contribution in [0, 0.1) is 6.92 Å². The maximum atomic E-state index is 12.1. The first-order valence-electron chi connectivity index (χ1n) is 8.04. The Balaban J connectivity index is 1.64. The average Bonchev–Trinajstić information content (AvgIpc) is 3.14. The summed E-state index contributed by atoms with van der Waals surface area (Å²) in [6, 6.07) is 15.5. The number of methoxy groups -OCH3 is 1. The fraction of sp³-hybridized carbons (Fsp3) is 0.222. The number of benzene rings is 2. The van der Waals surface area contributed by atoms with Gasteiger partial charge in [0.1, 0.15) is 11.4 Å². The van der Waals surface area contributed by atoms with Crippen molar-refractivity contribution in [2.24, 2.45) is 0 Å². The molecule has 1 heterocycles. The van der Waals surface area contributed by atoms with E-state index in [0.29, 0.717) is 17.5 Å². The molecule has 0 fully saturated rings.